The summed E-state index contributed by atoms with van der Waals surface area (Å²) in [7, 11) is 1.60. The summed E-state index contributed by atoms with van der Waals surface area (Å²) >= 11 is 0. The van der Waals surface area contributed by atoms with Gasteiger partial charge < -0.3 is 14.7 Å². The number of ether oxygens (including phenoxy) is 1. The van der Waals surface area contributed by atoms with Crippen molar-refractivity contribution in [3.05, 3.63) is 66.4 Å². The van der Waals surface area contributed by atoms with E-state index in [0.29, 0.717) is 23.6 Å². The number of hydrogen-bond donors (Lipinski definition) is 1. The van der Waals surface area contributed by atoms with Crippen LogP contribution in [0, 0.1) is 0 Å². The number of para-hydroxylation sites is 2. The van der Waals surface area contributed by atoms with E-state index in [0.717, 1.165) is 11.3 Å². The number of methoxy groups -OCH3 is 1. The first-order valence-electron chi connectivity index (χ1n) is 8.88. The van der Waals surface area contributed by atoms with Gasteiger partial charge in [0.05, 0.1) is 25.0 Å². The Kier molecular flexibility index (Phi) is 5.88. The zero-order valence-electron chi connectivity index (χ0n) is 15.5. The third-order valence-corrected chi connectivity index (χ3v) is 4.37. The molecular formula is C21H23N3O3. The summed E-state index contributed by atoms with van der Waals surface area (Å²) in [6, 6.07) is 17.1. The minimum atomic E-state index is -0.172. The Morgan fingerprint density at radius 3 is 2.52 bits per heavy atom. The van der Waals surface area contributed by atoms with E-state index >= 15 is 0 Å². The predicted molar refractivity (Wildman–Crippen MR) is 104 cm³/mol. The Morgan fingerprint density at radius 1 is 1.15 bits per heavy atom. The van der Waals surface area contributed by atoms with Crippen molar-refractivity contribution in [1.82, 2.24) is 14.7 Å². The van der Waals surface area contributed by atoms with Gasteiger partial charge in [-0.2, -0.15) is 5.10 Å². The Labute approximate surface area is 158 Å². The number of aliphatic hydroxyl groups is 1. The molecule has 0 saturated heterocycles. The summed E-state index contributed by atoms with van der Waals surface area (Å²) in [4.78, 5) is 14.7. The first-order chi connectivity index (χ1) is 13.2. The van der Waals surface area contributed by atoms with Gasteiger partial charge in [-0.25, -0.2) is 4.68 Å². The number of aliphatic hydroxyl groups excluding tert-OH is 1. The molecule has 0 unspecified atom stereocenters. The number of benzene rings is 2. The molecule has 0 spiro atoms. The third-order valence-electron chi connectivity index (χ3n) is 4.37. The molecule has 1 amide bonds. The van der Waals surface area contributed by atoms with Gasteiger partial charge >= 0.3 is 0 Å². The van der Waals surface area contributed by atoms with Gasteiger partial charge in [-0.15, -0.1) is 0 Å². The summed E-state index contributed by atoms with van der Waals surface area (Å²) in [5.41, 5.74) is 2.63. The van der Waals surface area contributed by atoms with E-state index < -0.39 is 0 Å². The van der Waals surface area contributed by atoms with Crippen LogP contribution in [0.3, 0.4) is 0 Å². The van der Waals surface area contributed by atoms with Gasteiger partial charge in [-0.1, -0.05) is 30.3 Å². The van der Waals surface area contributed by atoms with Crippen LogP contribution in [0.1, 0.15) is 17.3 Å². The highest BCUT2D eigenvalue weighted by Gasteiger charge is 2.24. The maximum absolute atomic E-state index is 13.1. The summed E-state index contributed by atoms with van der Waals surface area (Å²) in [5, 5.41) is 14.0. The number of carbonyl (C=O) groups excluding carboxylic acids is 1. The second-order valence-corrected chi connectivity index (χ2v) is 5.98. The molecule has 1 heterocycles. The predicted octanol–water partition coefficient (Wildman–Crippen LogP) is 3.00. The molecular weight excluding hydrogens is 342 g/mol. The van der Waals surface area contributed by atoms with Crippen molar-refractivity contribution in [2.75, 3.05) is 26.8 Å². The smallest absolute Gasteiger partial charge is 0.257 e. The van der Waals surface area contributed by atoms with Gasteiger partial charge in [0.25, 0.3) is 5.91 Å². The molecule has 0 bridgehead atoms. The molecule has 3 aromatic rings. The molecule has 6 heteroatoms. The lowest BCUT2D eigenvalue weighted by atomic mass is 10.1. The highest BCUT2D eigenvalue weighted by molar-refractivity contribution is 6.00. The van der Waals surface area contributed by atoms with E-state index in [1.807, 2.05) is 61.5 Å². The Morgan fingerprint density at radius 2 is 1.85 bits per heavy atom. The number of nitrogens with zero attached hydrogens (tertiary/aromatic N) is 3. The molecule has 0 atom stereocenters. The van der Waals surface area contributed by atoms with E-state index in [-0.39, 0.29) is 19.1 Å². The number of hydrogen-bond acceptors (Lipinski definition) is 4. The van der Waals surface area contributed by atoms with Gasteiger partial charge in [0.15, 0.2) is 0 Å². The van der Waals surface area contributed by atoms with Crippen molar-refractivity contribution in [2.24, 2.45) is 0 Å². The van der Waals surface area contributed by atoms with Gasteiger partial charge in [0.2, 0.25) is 0 Å². The van der Waals surface area contributed by atoms with Crippen molar-refractivity contribution in [1.29, 1.82) is 0 Å². The van der Waals surface area contributed by atoms with Crippen molar-refractivity contribution in [3.63, 3.8) is 0 Å². The Hall–Kier alpha value is -3.12. The number of rotatable bonds is 7. The summed E-state index contributed by atoms with van der Waals surface area (Å²) in [5.74, 6) is 0.477. The molecule has 1 N–H and O–H groups in total. The first kappa shape index (κ1) is 18.7. The van der Waals surface area contributed by atoms with E-state index in [4.69, 9.17) is 4.74 Å². The van der Waals surface area contributed by atoms with Crippen molar-refractivity contribution in [3.8, 4) is 22.7 Å². The highest BCUT2D eigenvalue weighted by atomic mass is 16.5. The van der Waals surface area contributed by atoms with Crippen LogP contribution >= 0.6 is 0 Å². The fourth-order valence-electron chi connectivity index (χ4n) is 2.98. The maximum Gasteiger partial charge on any atom is 0.257 e. The molecule has 0 fully saturated rings. The largest absolute Gasteiger partial charge is 0.496 e. The van der Waals surface area contributed by atoms with E-state index in [1.165, 1.54) is 0 Å². The average Bonchev–Trinajstić information content (AvgIpc) is 3.17. The summed E-state index contributed by atoms with van der Waals surface area (Å²) < 4.78 is 7.17. The van der Waals surface area contributed by atoms with Crippen molar-refractivity contribution in [2.45, 2.75) is 6.92 Å². The standard InChI is InChI=1S/C21H23N3O3/c1-3-23(13-14-25)21(26)18-15-24(16-9-5-4-6-10-16)22-20(18)17-11-7-8-12-19(17)27-2/h4-12,15,25H,3,13-14H2,1-2H3. The van der Waals surface area contributed by atoms with E-state index in [9.17, 15) is 9.90 Å². The van der Waals surface area contributed by atoms with Crippen LogP contribution in [0.2, 0.25) is 0 Å². The van der Waals surface area contributed by atoms with Crippen LogP contribution in [-0.4, -0.2) is 52.5 Å². The van der Waals surface area contributed by atoms with Gasteiger partial charge in [-0.3, -0.25) is 4.79 Å². The van der Waals surface area contributed by atoms with Crippen molar-refractivity contribution >= 4 is 5.91 Å². The van der Waals surface area contributed by atoms with Crippen LogP contribution in [0.4, 0.5) is 0 Å². The Bertz CT molecular complexity index is 906. The summed E-state index contributed by atoms with van der Waals surface area (Å²) in [6.07, 6.45) is 1.74. The lowest BCUT2D eigenvalue weighted by Gasteiger charge is -2.19. The monoisotopic (exact) mass is 365 g/mol. The lowest BCUT2D eigenvalue weighted by molar-refractivity contribution is 0.0732. The fourth-order valence-corrected chi connectivity index (χ4v) is 2.98. The highest BCUT2D eigenvalue weighted by Crippen LogP contribution is 2.32. The molecule has 0 aliphatic rings. The SMILES string of the molecule is CCN(CCO)C(=O)c1cn(-c2ccccc2)nc1-c1ccccc1OC. The lowest BCUT2D eigenvalue weighted by Crippen LogP contribution is -2.33. The first-order valence-corrected chi connectivity index (χ1v) is 8.88. The number of aromatic nitrogens is 2. The second kappa shape index (κ2) is 8.51. The minimum absolute atomic E-state index is 0.0869. The van der Waals surface area contributed by atoms with Gasteiger partial charge in [0.1, 0.15) is 11.4 Å². The molecule has 0 radical (unpaired) electrons. The van der Waals surface area contributed by atoms with Crippen LogP contribution in [0.5, 0.6) is 5.75 Å². The van der Waals surface area contributed by atoms with Crippen LogP contribution in [0.15, 0.2) is 60.8 Å². The number of amides is 1. The molecule has 1 aromatic heterocycles. The topological polar surface area (TPSA) is 67.6 Å². The molecule has 27 heavy (non-hydrogen) atoms. The normalized spacial score (nSPS) is 10.6. The minimum Gasteiger partial charge on any atom is -0.496 e. The average molecular weight is 365 g/mol. The Balaban J connectivity index is 2.15. The molecule has 0 saturated carbocycles. The van der Waals surface area contributed by atoms with Crippen molar-refractivity contribution < 1.29 is 14.6 Å². The molecule has 6 nitrogen and oxygen atoms in total. The summed E-state index contributed by atoms with van der Waals surface area (Å²) in [6.45, 7) is 2.58. The zero-order chi connectivity index (χ0) is 19.2. The molecule has 0 aliphatic carbocycles. The van der Waals surface area contributed by atoms with Crippen LogP contribution in [-0.2, 0) is 0 Å². The van der Waals surface area contributed by atoms with E-state index in [1.54, 1.807) is 22.9 Å². The van der Waals surface area contributed by atoms with Crippen LogP contribution in [0.25, 0.3) is 16.9 Å². The second-order valence-electron chi connectivity index (χ2n) is 5.98. The quantitative estimate of drug-likeness (QED) is 0.699. The third kappa shape index (κ3) is 3.85. The molecule has 2 aromatic carbocycles. The molecule has 0 aliphatic heterocycles. The molecule has 140 valence electrons. The number of carbonyl (C=O) groups is 1. The van der Waals surface area contributed by atoms with E-state index in [2.05, 4.69) is 5.10 Å². The number of likely N-dealkylation sites (N-methyl/N-ethyl adjacent to an activating group) is 1. The molecule has 3 rings (SSSR count). The van der Waals surface area contributed by atoms with Gasteiger partial charge in [-0.05, 0) is 31.2 Å². The van der Waals surface area contributed by atoms with Crippen LogP contribution < -0.4 is 4.74 Å². The maximum atomic E-state index is 13.1. The zero-order valence-corrected chi connectivity index (χ0v) is 15.5. The fraction of sp³-hybridized carbons (Fsp3) is 0.238. The van der Waals surface area contributed by atoms with Gasteiger partial charge in [0, 0.05) is 24.8 Å².